The average molecular weight is 371 g/mol. The Morgan fingerprint density at radius 1 is 0.885 bits per heavy atom. The minimum Gasteiger partial charge on any atom is -0.463 e. The average Bonchev–Trinajstić information content (AvgIpc) is 2.64. The second-order valence-corrected chi connectivity index (χ2v) is 6.40. The number of carbonyl (C=O) groups is 2. The van der Waals surface area contributed by atoms with Crippen LogP contribution in [-0.2, 0) is 9.53 Å². The van der Waals surface area contributed by atoms with Crippen molar-refractivity contribution in [2.45, 2.75) is 77.6 Å². The lowest BCUT2D eigenvalue weighted by Gasteiger charge is -2.06. The van der Waals surface area contributed by atoms with Gasteiger partial charge in [0.05, 0.1) is 6.61 Å². The molecule has 0 fully saturated rings. The Bertz CT molecular complexity index is 373. The van der Waals surface area contributed by atoms with Crippen LogP contribution in [0.25, 0.3) is 0 Å². The maximum absolute atomic E-state index is 11.5. The van der Waals surface area contributed by atoms with Gasteiger partial charge in [0.15, 0.2) is 0 Å². The minimum atomic E-state index is -0.224. The molecule has 3 N–H and O–H groups in total. The van der Waals surface area contributed by atoms with Crippen LogP contribution in [0.3, 0.4) is 0 Å². The molecule has 6 heteroatoms. The second-order valence-electron chi connectivity index (χ2n) is 6.40. The number of aliphatic hydroxyl groups is 1. The minimum absolute atomic E-state index is 0.0584. The van der Waals surface area contributed by atoms with Gasteiger partial charge in [0.25, 0.3) is 0 Å². The number of esters is 1. The molecule has 0 atom stereocenters. The first-order chi connectivity index (χ1) is 12.7. The molecule has 0 spiro atoms. The molecule has 0 aliphatic carbocycles. The van der Waals surface area contributed by atoms with Crippen LogP contribution in [0.15, 0.2) is 12.2 Å². The lowest BCUT2D eigenvalue weighted by molar-refractivity contribution is -0.144. The van der Waals surface area contributed by atoms with Crippen LogP contribution in [0.1, 0.15) is 77.6 Å². The zero-order valence-corrected chi connectivity index (χ0v) is 16.4. The summed E-state index contributed by atoms with van der Waals surface area (Å²) in [5, 5.41) is 14.3. The van der Waals surface area contributed by atoms with Gasteiger partial charge in [-0.25, -0.2) is 4.79 Å². The van der Waals surface area contributed by atoms with Crippen molar-refractivity contribution in [1.29, 1.82) is 0 Å². The fourth-order valence-corrected chi connectivity index (χ4v) is 2.40. The number of nitrogens with one attached hydrogen (secondary N) is 2. The quantitative estimate of drug-likeness (QED) is 0.207. The summed E-state index contributed by atoms with van der Waals surface area (Å²) in [6.07, 6.45) is 15.2. The van der Waals surface area contributed by atoms with Crippen molar-refractivity contribution in [2.75, 3.05) is 26.3 Å². The van der Waals surface area contributed by atoms with Crippen LogP contribution in [0.4, 0.5) is 4.79 Å². The Hall–Kier alpha value is -1.56. The largest absolute Gasteiger partial charge is 0.463 e. The molecule has 2 amide bonds. The topological polar surface area (TPSA) is 87.7 Å². The number of aliphatic hydroxyl groups excluding tert-OH is 1. The summed E-state index contributed by atoms with van der Waals surface area (Å²) in [6.45, 7) is 3.61. The highest BCUT2D eigenvalue weighted by Gasteiger charge is 2.01. The van der Waals surface area contributed by atoms with Gasteiger partial charge >= 0.3 is 12.0 Å². The van der Waals surface area contributed by atoms with E-state index in [1.165, 1.54) is 0 Å². The van der Waals surface area contributed by atoms with Crippen molar-refractivity contribution >= 4 is 12.0 Å². The third kappa shape index (κ3) is 18.8. The van der Waals surface area contributed by atoms with Gasteiger partial charge in [-0.05, 0) is 44.9 Å². The molecule has 0 heterocycles. The molecule has 0 saturated carbocycles. The Labute approximate surface area is 158 Å². The summed E-state index contributed by atoms with van der Waals surface area (Å²) < 4.78 is 4.79. The smallest absolute Gasteiger partial charge is 0.314 e. The van der Waals surface area contributed by atoms with Crippen LogP contribution in [0.2, 0.25) is 0 Å². The van der Waals surface area contributed by atoms with E-state index in [0.717, 1.165) is 77.3 Å². The number of rotatable bonds is 17. The molecular weight excluding hydrogens is 332 g/mol. The van der Waals surface area contributed by atoms with Gasteiger partial charge in [-0.15, -0.1) is 0 Å². The van der Waals surface area contributed by atoms with Gasteiger partial charge < -0.3 is 20.5 Å². The second kappa shape index (κ2) is 19.8. The highest BCUT2D eigenvalue weighted by Crippen LogP contribution is 2.06. The monoisotopic (exact) mass is 370 g/mol. The first-order valence-corrected chi connectivity index (χ1v) is 10.1. The first kappa shape index (κ1) is 24.4. The Morgan fingerprint density at radius 3 is 2.12 bits per heavy atom. The number of amides is 2. The number of allylic oxidation sites excluding steroid dienone is 2. The van der Waals surface area contributed by atoms with E-state index in [9.17, 15) is 9.59 Å². The molecule has 6 nitrogen and oxygen atoms in total. The van der Waals surface area contributed by atoms with Crippen molar-refractivity contribution in [3.05, 3.63) is 12.2 Å². The molecule has 0 aliphatic rings. The van der Waals surface area contributed by atoms with Crippen LogP contribution in [0, 0.1) is 0 Å². The number of hydrogen-bond donors (Lipinski definition) is 3. The molecule has 0 aromatic heterocycles. The number of unbranched alkanes of at least 4 members (excludes halogenated alkanes) is 7. The van der Waals surface area contributed by atoms with E-state index < -0.39 is 0 Å². The molecule has 0 bridgehead atoms. The summed E-state index contributed by atoms with van der Waals surface area (Å²) in [7, 11) is 0. The van der Waals surface area contributed by atoms with E-state index in [0.29, 0.717) is 6.42 Å². The third-order valence-electron chi connectivity index (χ3n) is 3.92. The normalized spacial score (nSPS) is 10.8. The standard InChI is InChI=1S/C20H38N2O4/c1-2-3-12-15-21-20(25)22-16-13-10-8-6-4-5-7-9-11-14-19(24)26-18-17-23/h4,6,23H,2-3,5,7-18H2,1H3,(H2,21,22,25)/b6-4+. The lowest BCUT2D eigenvalue weighted by Crippen LogP contribution is -2.36. The predicted octanol–water partition coefficient (Wildman–Crippen LogP) is 3.69. The zero-order chi connectivity index (χ0) is 19.3. The van der Waals surface area contributed by atoms with E-state index >= 15 is 0 Å². The molecule has 0 saturated heterocycles. The molecular formula is C20H38N2O4. The summed E-state index contributed by atoms with van der Waals surface area (Å²) in [5.41, 5.74) is 0. The Morgan fingerprint density at radius 2 is 1.50 bits per heavy atom. The van der Waals surface area contributed by atoms with Crippen molar-refractivity contribution in [3.8, 4) is 0 Å². The van der Waals surface area contributed by atoms with E-state index in [2.05, 4.69) is 29.7 Å². The zero-order valence-electron chi connectivity index (χ0n) is 16.4. The van der Waals surface area contributed by atoms with E-state index in [4.69, 9.17) is 9.84 Å². The van der Waals surface area contributed by atoms with Gasteiger partial charge in [0.1, 0.15) is 6.61 Å². The molecule has 0 aliphatic heterocycles. The summed E-state index contributed by atoms with van der Waals surface area (Å²) in [4.78, 5) is 22.7. The first-order valence-electron chi connectivity index (χ1n) is 10.1. The highest BCUT2D eigenvalue weighted by molar-refractivity contribution is 5.73. The number of urea groups is 1. The molecule has 0 rings (SSSR count). The molecule has 152 valence electrons. The van der Waals surface area contributed by atoms with Gasteiger partial charge in [0.2, 0.25) is 0 Å². The van der Waals surface area contributed by atoms with Gasteiger partial charge in [-0.1, -0.05) is 38.3 Å². The summed E-state index contributed by atoms with van der Waals surface area (Å²) in [5.74, 6) is -0.224. The van der Waals surface area contributed by atoms with E-state index in [-0.39, 0.29) is 25.2 Å². The molecule has 0 aromatic carbocycles. The summed E-state index contributed by atoms with van der Waals surface area (Å²) >= 11 is 0. The number of hydrogen-bond acceptors (Lipinski definition) is 4. The lowest BCUT2D eigenvalue weighted by atomic mass is 10.1. The maximum atomic E-state index is 11.5. The van der Waals surface area contributed by atoms with E-state index in [1.54, 1.807) is 0 Å². The highest BCUT2D eigenvalue weighted by atomic mass is 16.5. The van der Waals surface area contributed by atoms with Crippen LogP contribution >= 0.6 is 0 Å². The van der Waals surface area contributed by atoms with Gasteiger partial charge in [-0.2, -0.15) is 0 Å². The van der Waals surface area contributed by atoms with Crippen molar-refractivity contribution < 1.29 is 19.4 Å². The van der Waals surface area contributed by atoms with Gasteiger partial charge in [-0.3, -0.25) is 4.79 Å². The summed E-state index contributed by atoms with van der Waals surface area (Å²) in [6, 6.07) is -0.0584. The van der Waals surface area contributed by atoms with Crippen molar-refractivity contribution in [3.63, 3.8) is 0 Å². The third-order valence-corrected chi connectivity index (χ3v) is 3.92. The van der Waals surface area contributed by atoms with Crippen LogP contribution in [0.5, 0.6) is 0 Å². The van der Waals surface area contributed by atoms with E-state index in [1.807, 2.05) is 0 Å². The van der Waals surface area contributed by atoms with Gasteiger partial charge in [0, 0.05) is 19.5 Å². The molecule has 0 unspecified atom stereocenters. The fourth-order valence-electron chi connectivity index (χ4n) is 2.40. The van der Waals surface area contributed by atoms with Crippen molar-refractivity contribution in [1.82, 2.24) is 10.6 Å². The molecule has 26 heavy (non-hydrogen) atoms. The predicted molar refractivity (Wildman–Crippen MR) is 105 cm³/mol. The molecule has 0 aromatic rings. The number of carbonyl (C=O) groups excluding carboxylic acids is 2. The number of ether oxygens (including phenoxy) is 1. The van der Waals surface area contributed by atoms with Crippen LogP contribution < -0.4 is 10.6 Å². The maximum Gasteiger partial charge on any atom is 0.314 e. The fraction of sp³-hybridized carbons (Fsp3) is 0.800. The Kier molecular flexibility index (Phi) is 18.6. The SMILES string of the molecule is CCCCCNC(=O)NCCCC/C=C/CCCCCC(=O)OCCO. The van der Waals surface area contributed by atoms with Crippen molar-refractivity contribution in [2.24, 2.45) is 0 Å². The molecule has 0 radical (unpaired) electrons. The van der Waals surface area contributed by atoms with Crippen LogP contribution in [-0.4, -0.2) is 43.4 Å². The Balaban J connectivity index is 3.28.